The van der Waals surface area contributed by atoms with Crippen molar-refractivity contribution in [2.45, 2.75) is 18.3 Å². The number of hydrogen-bond donors (Lipinski definition) is 2. The second-order valence-electron chi connectivity index (χ2n) is 7.29. The molecule has 1 atom stereocenters. The predicted octanol–water partition coefficient (Wildman–Crippen LogP) is 2.60. The quantitative estimate of drug-likeness (QED) is 0.722. The number of anilines is 1. The van der Waals surface area contributed by atoms with Gasteiger partial charge in [0.25, 0.3) is 5.91 Å². The number of carbonyl (C=O) groups is 2. The van der Waals surface area contributed by atoms with Crippen LogP contribution in [-0.2, 0) is 10.2 Å². The van der Waals surface area contributed by atoms with Gasteiger partial charge in [-0.1, -0.05) is 36.4 Å². The number of piperidine rings is 1. The fraction of sp³-hybridized carbons (Fsp3) is 0.238. The molecule has 3 heterocycles. The maximum absolute atomic E-state index is 13.4. The number of para-hydroxylation sites is 1. The molecule has 1 saturated heterocycles. The van der Waals surface area contributed by atoms with Crippen LogP contribution in [0.15, 0.2) is 54.9 Å². The molecular weight excluding hydrogens is 354 g/mol. The Kier molecular flexibility index (Phi) is 3.75. The lowest BCUT2D eigenvalue weighted by atomic mass is 9.75. The van der Waals surface area contributed by atoms with Crippen molar-refractivity contribution in [3.8, 4) is 11.4 Å². The summed E-state index contributed by atoms with van der Waals surface area (Å²) in [6, 6.07) is 15.1. The lowest BCUT2D eigenvalue weighted by molar-refractivity contribution is -0.122. The summed E-state index contributed by atoms with van der Waals surface area (Å²) in [6.07, 6.45) is 2.94. The number of nitrogens with one attached hydrogen (secondary N) is 2. The Labute approximate surface area is 161 Å². The van der Waals surface area contributed by atoms with Crippen molar-refractivity contribution in [1.29, 1.82) is 0 Å². The van der Waals surface area contributed by atoms with E-state index in [1.165, 1.54) is 6.33 Å². The number of hydrogen-bond acceptors (Lipinski definition) is 4. The van der Waals surface area contributed by atoms with Gasteiger partial charge in [0, 0.05) is 24.3 Å². The lowest BCUT2D eigenvalue weighted by Crippen LogP contribution is -2.51. The van der Waals surface area contributed by atoms with Crippen LogP contribution in [-0.4, -0.2) is 45.0 Å². The highest BCUT2D eigenvalue weighted by Gasteiger charge is 2.50. The van der Waals surface area contributed by atoms with E-state index in [1.54, 1.807) is 11.0 Å². The van der Waals surface area contributed by atoms with Gasteiger partial charge in [-0.05, 0) is 30.5 Å². The zero-order valence-electron chi connectivity index (χ0n) is 15.2. The first-order valence-electron chi connectivity index (χ1n) is 9.34. The standard InChI is InChI=1S/C21H19N5O2/c27-19(15-7-2-1-6-14(15)18-22-13-23-25-18)26-11-5-10-21(12-26)16-8-3-4-9-17(16)24-20(21)28/h1-4,6-9,13H,5,10-12H2,(H,24,28)(H,22,23,25)/t21-/m0/s1. The fourth-order valence-electron chi connectivity index (χ4n) is 4.39. The molecule has 2 aromatic carbocycles. The highest BCUT2D eigenvalue weighted by molar-refractivity contribution is 6.07. The Hall–Kier alpha value is -3.48. The number of benzene rings is 2. The van der Waals surface area contributed by atoms with E-state index < -0.39 is 5.41 Å². The molecule has 2 aliphatic rings. The third-order valence-corrected chi connectivity index (χ3v) is 5.73. The van der Waals surface area contributed by atoms with E-state index >= 15 is 0 Å². The van der Waals surface area contributed by atoms with Crippen LogP contribution < -0.4 is 5.32 Å². The van der Waals surface area contributed by atoms with Gasteiger partial charge in [0.05, 0.1) is 11.0 Å². The van der Waals surface area contributed by atoms with Crippen molar-refractivity contribution >= 4 is 17.5 Å². The Morgan fingerprint density at radius 3 is 2.79 bits per heavy atom. The zero-order valence-corrected chi connectivity index (χ0v) is 15.2. The summed E-state index contributed by atoms with van der Waals surface area (Å²) in [5.41, 5.74) is 2.43. The molecule has 0 unspecified atom stereocenters. The van der Waals surface area contributed by atoms with Gasteiger partial charge < -0.3 is 10.2 Å². The molecule has 2 amide bonds. The maximum atomic E-state index is 13.4. The lowest BCUT2D eigenvalue weighted by Gasteiger charge is -2.39. The highest BCUT2D eigenvalue weighted by Crippen LogP contribution is 2.44. The molecule has 3 aromatic rings. The van der Waals surface area contributed by atoms with Gasteiger partial charge in [-0.15, -0.1) is 0 Å². The van der Waals surface area contributed by atoms with E-state index in [0.717, 1.165) is 24.1 Å². The molecule has 7 nitrogen and oxygen atoms in total. The van der Waals surface area contributed by atoms with Crippen molar-refractivity contribution in [3.63, 3.8) is 0 Å². The van der Waals surface area contributed by atoms with Gasteiger partial charge >= 0.3 is 0 Å². The zero-order chi connectivity index (χ0) is 19.1. The summed E-state index contributed by atoms with van der Waals surface area (Å²) in [5.74, 6) is 0.442. The summed E-state index contributed by atoms with van der Waals surface area (Å²) in [6.45, 7) is 1.00. The molecule has 0 aliphatic carbocycles. The molecule has 1 aromatic heterocycles. The molecule has 0 bridgehead atoms. The van der Waals surface area contributed by atoms with Gasteiger partial charge in [0.2, 0.25) is 5.91 Å². The monoisotopic (exact) mass is 373 g/mol. The number of aromatic amines is 1. The number of rotatable bonds is 2. The van der Waals surface area contributed by atoms with E-state index in [0.29, 0.717) is 30.0 Å². The van der Waals surface area contributed by atoms with Gasteiger partial charge in [0.15, 0.2) is 5.82 Å². The minimum atomic E-state index is -0.675. The normalized spacial score (nSPS) is 20.9. The Morgan fingerprint density at radius 2 is 1.93 bits per heavy atom. The van der Waals surface area contributed by atoms with E-state index in [1.807, 2.05) is 42.5 Å². The average Bonchev–Trinajstić information content (AvgIpc) is 3.36. The SMILES string of the molecule is O=C(c1ccccc1-c1ncn[nH]1)N1CCC[C@@]2(C1)C(=O)Nc1ccccc12. The third-order valence-electron chi connectivity index (χ3n) is 5.73. The number of aromatic nitrogens is 3. The van der Waals surface area contributed by atoms with Crippen molar-refractivity contribution in [3.05, 3.63) is 66.0 Å². The number of amides is 2. The van der Waals surface area contributed by atoms with Crippen molar-refractivity contribution < 1.29 is 9.59 Å². The molecule has 1 fully saturated rings. The molecule has 28 heavy (non-hydrogen) atoms. The molecule has 2 aliphatic heterocycles. The minimum absolute atomic E-state index is 0.0188. The molecule has 2 N–H and O–H groups in total. The van der Waals surface area contributed by atoms with E-state index in [-0.39, 0.29) is 11.8 Å². The van der Waals surface area contributed by atoms with Crippen LogP contribution in [0.3, 0.4) is 0 Å². The van der Waals surface area contributed by atoms with Crippen LogP contribution >= 0.6 is 0 Å². The molecule has 0 radical (unpaired) electrons. The first-order valence-corrected chi connectivity index (χ1v) is 9.34. The van der Waals surface area contributed by atoms with Crippen LogP contribution in [0.1, 0.15) is 28.8 Å². The number of likely N-dealkylation sites (tertiary alicyclic amines) is 1. The molecule has 140 valence electrons. The summed E-state index contributed by atoms with van der Waals surface area (Å²) in [5, 5.41) is 9.71. The van der Waals surface area contributed by atoms with Gasteiger partial charge in [-0.2, -0.15) is 5.10 Å². The number of H-pyrrole nitrogens is 1. The summed E-state index contributed by atoms with van der Waals surface area (Å²) < 4.78 is 0. The largest absolute Gasteiger partial charge is 0.337 e. The van der Waals surface area contributed by atoms with Crippen LogP contribution in [0.5, 0.6) is 0 Å². The first kappa shape index (κ1) is 16.7. The van der Waals surface area contributed by atoms with Crippen LogP contribution in [0.2, 0.25) is 0 Å². The number of fused-ring (bicyclic) bond motifs is 2. The number of nitrogens with zero attached hydrogens (tertiary/aromatic N) is 3. The van der Waals surface area contributed by atoms with Gasteiger partial charge in [-0.3, -0.25) is 14.7 Å². The second-order valence-corrected chi connectivity index (χ2v) is 7.29. The van der Waals surface area contributed by atoms with E-state index in [9.17, 15) is 9.59 Å². The fourth-order valence-corrected chi connectivity index (χ4v) is 4.39. The van der Waals surface area contributed by atoms with E-state index in [2.05, 4.69) is 20.5 Å². The van der Waals surface area contributed by atoms with E-state index in [4.69, 9.17) is 0 Å². The first-order chi connectivity index (χ1) is 13.7. The topological polar surface area (TPSA) is 91.0 Å². The van der Waals surface area contributed by atoms with Crippen molar-refractivity contribution in [2.75, 3.05) is 18.4 Å². The highest BCUT2D eigenvalue weighted by atomic mass is 16.2. The predicted molar refractivity (Wildman–Crippen MR) is 104 cm³/mol. The Balaban J connectivity index is 1.51. The molecular formula is C21H19N5O2. The third kappa shape index (κ3) is 2.43. The maximum Gasteiger partial charge on any atom is 0.254 e. The summed E-state index contributed by atoms with van der Waals surface area (Å²) >= 11 is 0. The Bertz CT molecular complexity index is 1060. The molecule has 5 rings (SSSR count). The van der Waals surface area contributed by atoms with Crippen molar-refractivity contribution in [1.82, 2.24) is 20.1 Å². The Morgan fingerprint density at radius 1 is 1.11 bits per heavy atom. The second kappa shape index (κ2) is 6.30. The molecule has 7 heteroatoms. The molecule has 1 spiro atoms. The van der Waals surface area contributed by atoms with Gasteiger partial charge in [-0.25, -0.2) is 4.98 Å². The van der Waals surface area contributed by atoms with Gasteiger partial charge in [0.1, 0.15) is 6.33 Å². The smallest absolute Gasteiger partial charge is 0.254 e. The minimum Gasteiger partial charge on any atom is -0.337 e. The summed E-state index contributed by atoms with van der Waals surface area (Å²) in [7, 11) is 0. The van der Waals surface area contributed by atoms with Crippen molar-refractivity contribution in [2.24, 2.45) is 0 Å². The van der Waals surface area contributed by atoms with Crippen LogP contribution in [0.25, 0.3) is 11.4 Å². The van der Waals surface area contributed by atoms with Crippen LogP contribution in [0.4, 0.5) is 5.69 Å². The summed E-state index contributed by atoms with van der Waals surface area (Å²) in [4.78, 5) is 32.3. The average molecular weight is 373 g/mol. The number of carbonyl (C=O) groups excluding carboxylic acids is 2. The molecule has 0 saturated carbocycles. The van der Waals surface area contributed by atoms with Crippen LogP contribution in [0, 0.1) is 0 Å².